The van der Waals surface area contributed by atoms with E-state index >= 15 is 0 Å². The van der Waals surface area contributed by atoms with Crippen molar-refractivity contribution in [3.8, 4) is 0 Å². The lowest BCUT2D eigenvalue weighted by atomic mass is 10.7. The molecule has 0 bridgehead atoms. The fourth-order valence-corrected chi connectivity index (χ4v) is 0.381. The van der Waals surface area contributed by atoms with Crippen molar-refractivity contribution in [2.45, 2.75) is 0 Å². The summed E-state index contributed by atoms with van der Waals surface area (Å²) in [6.45, 7) is 6.31. The van der Waals surface area contributed by atoms with Gasteiger partial charge in [0.1, 0.15) is 13.2 Å². The lowest BCUT2D eigenvalue weighted by molar-refractivity contribution is 0.0457. The van der Waals surface area contributed by atoms with Crippen molar-refractivity contribution in [2.24, 2.45) is 0 Å². The molecule has 0 aliphatic heterocycles. The van der Waals surface area contributed by atoms with Crippen molar-refractivity contribution in [3.05, 3.63) is 25.3 Å². The molecule has 0 spiro atoms. The van der Waals surface area contributed by atoms with Crippen LogP contribution in [0.25, 0.3) is 0 Å². The van der Waals surface area contributed by atoms with Crippen molar-refractivity contribution < 1.29 is 34.0 Å². The van der Waals surface area contributed by atoms with E-state index in [1.165, 1.54) is 12.2 Å². The Morgan fingerprint density at radius 1 is 0.941 bits per heavy atom. The van der Waals surface area contributed by atoms with Gasteiger partial charge in [0.05, 0.1) is 13.2 Å². The molecule has 0 aromatic rings. The fraction of sp³-hybridized carbons (Fsp3) is 0.400. The Bertz CT molecular complexity index is 213. The highest BCUT2D eigenvalue weighted by Crippen LogP contribution is 1.90. The molecule has 0 heterocycles. The van der Waals surface area contributed by atoms with Gasteiger partial charge in [-0.1, -0.05) is 25.3 Å². The third-order valence-corrected chi connectivity index (χ3v) is 0.905. The van der Waals surface area contributed by atoms with Crippen LogP contribution in [-0.4, -0.2) is 49.0 Å². The van der Waals surface area contributed by atoms with Gasteiger partial charge in [-0.15, -0.1) is 0 Å². The molecule has 2 N–H and O–H groups in total. The number of rotatable bonds is 5. The molecule has 0 atom stereocenters. The molecule has 0 aromatic carbocycles. The highest BCUT2D eigenvalue weighted by Gasteiger charge is 2.11. The Morgan fingerprint density at radius 3 is 1.53 bits per heavy atom. The third kappa shape index (κ3) is 16.8. The second kappa shape index (κ2) is 14.1. The number of carbonyl (C=O) groups excluding carboxylic acids is 2. The van der Waals surface area contributed by atoms with Crippen molar-refractivity contribution in [3.63, 3.8) is 0 Å². The summed E-state index contributed by atoms with van der Waals surface area (Å²) in [6, 6.07) is 0. The van der Waals surface area contributed by atoms with Crippen LogP contribution < -0.4 is 0 Å². The van der Waals surface area contributed by atoms with Crippen molar-refractivity contribution in [2.75, 3.05) is 26.4 Å². The monoisotopic (exact) mass is 248 g/mol. The molecule has 0 aromatic heterocycles. The lowest BCUT2D eigenvalue weighted by Gasteiger charge is -2.01. The molecule has 0 unspecified atom stereocenters. The van der Waals surface area contributed by atoms with E-state index in [-0.39, 0.29) is 26.4 Å². The molecular weight excluding hydrogens is 232 g/mol. The molecule has 0 rings (SSSR count). The zero-order chi connectivity index (χ0) is 13.5. The highest BCUT2D eigenvalue weighted by atomic mass is 16.8. The maximum atomic E-state index is 10.6. The van der Waals surface area contributed by atoms with Gasteiger partial charge in [0.25, 0.3) is 0 Å². The van der Waals surface area contributed by atoms with E-state index in [0.717, 1.165) is 0 Å². The van der Waals surface area contributed by atoms with Gasteiger partial charge in [-0.05, 0) is 0 Å². The van der Waals surface area contributed by atoms with Crippen LogP contribution in [0.4, 0.5) is 9.59 Å². The van der Waals surface area contributed by atoms with E-state index in [1.807, 2.05) is 0 Å². The van der Waals surface area contributed by atoms with E-state index < -0.39 is 12.3 Å². The first-order valence-corrected chi connectivity index (χ1v) is 4.57. The number of hydrogen-bond acceptors (Lipinski definition) is 7. The molecule has 0 aliphatic rings. The van der Waals surface area contributed by atoms with Gasteiger partial charge < -0.3 is 24.4 Å². The van der Waals surface area contributed by atoms with Crippen LogP contribution in [0.5, 0.6) is 0 Å². The summed E-state index contributed by atoms with van der Waals surface area (Å²) in [5.41, 5.74) is 0. The van der Waals surface area contributed by atoms with Crippen molar-refractivity contribution in [1.82, 2.24) is 0 Å². The van der Waals surface area contributed by atoms with Gasteiger partial charge in [0.2, 0.25) is 0 Å². The smallest absolute Gasteiger partial charge is 0.430 e. The minimum absolute atomic E-state index is 0.0203. The van der Waals surface area contributed by atoms with Crippen LogP contribution in [0.2, 0.25) is 0 Å². The van der Waals surface area contributed by atoms with Gasteiger partial charge in [-0.25, -0.2) is 9.59 Å². The molecular formula is C10H16O7. The summed E-state index contributed by atoms with van der Waals surface area (Å²) < 4.78 is 12.7. The Hall–Kier alpha value is -1.86. The number of carbonyl (C=O) groups is 2. The van der Waals surface area contributed by atoms with Gasteiger partial charge in [-0.2, -0.15) is 0 Å². The van der Waals surface area contributed by atoms with E-state index in [0.29, 0.717) is 0 Å². The predicted octanol–water partition coefficient (Wildman–Crippen LogP) is 0.619. The second-order valence-corrected chi connectivity index (χ2v) is 2.25. The summed E-state index contributed by atoms with van der Waals surface area (Å²) in [7, 11) is 0. The summed E-state index contributed by atoms with van der Waals surface area (Å²) in [6.07, 6.45) is 0.454. The molecule has 98 valence electrons. The van der Waals surface area contributed by atoms with E-state index in [2.05, 4.69) is 27.4 Å². The van der Waals surface area contributed by atoms with Gasteiger partial charge in [0.15, 0.2) is 0 Å². The molecule has 0 amide bonds. The van der Waals surface area contributed by atoms with E-state index in [1.54, 1.807) is 0 Å². The molecule has 0 fully saturated rings. The van der Waals surface area contributed by atoms with Crippen LogP contribution in [-0.2, 0) is 14.2 Å². The largest absolute Gasteiger partial charge is 0.518 e. The van der Waals surface area contributed by atoms with Crippen molar-refractivity contribution in [1.29, 1.82) is 0 Å². The number of aliphatic hydroxyl groups is 2. The Morgan fingerprint density at radius 2 is 1.29 bits per heavy atom. The molecule has 0 radical (unpaired) electrons. The molecule has 17 heavy (non-hydrogen) atoms. The van der Waals surface area contributed by atoms with Gasteiger partial charge >= 0.3 is 12.3 Å². The first-order chi connectivity index (χ1) is 8.12. The second-order valence-electron chi connectivity index (χ2n) is 2.25. The van der Waals surface area contributed by atoms with Crippen LogP contribution in [0, 0.1) is 0 Å². The zero-order valence-electron chi connectivity index (χ0n) is 9.33. The van der Waals surface area contributed by atoms with Gasteiger partial charge in [-0.3, -0.25) is 0 Å². The van der Waals surface area contributed by atoms with Crippen LogP contribution >= 0.6 is 0 Å². The van der Waals surface area contributed by atoms with Gasteiger partial charge in [0, 0.05) is 0 Å². The van der Waals surface area contributed by atoms with E-state index in [4.69, 9.17) is 10.2 Å². The summed E-state index contributed by atoms with van der Waals surface area (Å²) in [4.78, 5) is 21.1. The zero-order valence-corrected chi connectivity index (χ0v) is 9.33. The summed E-state index contributed by atoms with van der Waals surface area (Å²) in [5, 5.41) is 15.2. The summed E-state index contributed by atoms with van der Waals surface area (Å²) >= 11 is 0. The first-order valence-electron chi connectivity index (χ1n) is 4.57. The molecule has 0 saturated heterocycles. The molecule has 7 nitrogen and oxygen atoms in total. The Kier molecular flexibility index (Phi) is 14.6. The number of aliphatic hydroxyl groups excluding tert-OH is 2. The number of hydrogen-bond donors (Lipinski definition) is 2. The molecule has 0 aliphatic carbocycles. The fourth-order valence-electron chi connectivity index (χ4n) is 0.381. The minimum atomic E-state index is -1.12. The average molecular weight is 248 g/mol. The third-order valence-electron chi connectivity index (χ3n) is 0.905. The average Bonchev–Trinajstić information content (AvgIpc) is 2.34. The Balaban J connectivity index is 0. The molecule has 0 saturated carbocycles. The normalized spacial score (nSPS) is 8.12. The topological polar surface area (TPSA) is 102 Å². The summed E-state index contributed by atoms with van der Waals surface area (Å²) in [5.74, 6) is 0. The lowest BCUT2D eigenvalue weighted by Crippen LogP contribution is -2.15. The number of ether oxygens (including phenoxy) is 3. The SMILES string of the molecule is C=CCOC(=O)OC(=O)OCC=C.OCCO. The Labute approximate surface area is 98.9 Å². The highest BCUT2D eigenvalue weighted by molar-refractivity contribution is 5.76. The maximum absolute atomic E-state index is 10.6. The first kappa shape index (κ1) is 17.5. The van der Waals surface area contributed by atoms with Crippen LogP contribution in [0.15, 0.2) is 25.3 Å². The quantitative estimate of drug-likeness (QED) is 0.417. The van der Waals surface area contributed by atoms with Crippen molar-refractivity contribution >= 4 is 12.3 Å². The molecule has 7 heteroatoms. The maximum Gasteiger partial charge on any atom is 0.518 e. The predicted molar refractivity (Wildman–Crippen MR) is 58.3 cm³/mol. The minimum Gasteiger partial charge on any atom is -0.430 e. The van der Waals surface area contributed by atoms with Crippen LogP contribution in [0.1, 0.15) is 0 Å². The van der Waals surface area contributed by atoms with E-state index in [9.17, 15) is 9.59 Å². The standard InChI is InChI=1S/C8H10O5.C2H6O2/c1-3-5-11-7(9)13-8(10)12-6-4-2;3-1-2-4/h3-4H,1-2,5-6H2;3-4H,1-2H2. The van der Waals surface area contributed by atoms with Crippen LogP contribution in [0.3, 0.4) is 0 Å².